The molecule has 3 heteroatoms. The zero-order valence-corrected chi connectivity index (χ0v) is 13.3. The summed E-state index contributed by atoms with van der Waals surface area (Å²) in [6.07, 6.45) is 2.60. The summed E-state index contributed by atoms with van der Waals surface area (Å²) in [5.74, 6) is 0.736. The van der Waals surface area contributed by atoms with Gasteiger partial charge in [-0.15, -0.1) is 0 Å². The van der Waals surface area contributed by atoms with E-state index in [1.165, 1.54) is 29.8 Å². The van der Waals surface area contributed by atoms with Crippen LogP contribution in [0.15, 0.2) is 48.5 Å². The van der Waals surface area contributed by atoms with Crippen LogP contribution in [-0.2, 0) is 0 Å². The largest absolute Gasteiger partial charge is 0.378 e. The maximum atomic E-state index is 5.99. The molecule has 0 bridgehead atoms. The standard InChI is InChI=1S/C18H21ClN2/c1-21(2)17-11-9-16(10-12-17)20-18(13-3-4-13)14-5-7-15(19)8-6-14/h5-13,18,20H,3-4H2,1-2H3. The van der Waals surface area contributed by atoms with E-state index in [0.29, 0.717) is 6.04 Å². The summed E-state index contributed by atoms with van der Waals surface area (Å²) in [6.45, 7) is 0. The van der Waals surface area contributed by atoms with Crippen molar-refractivity contribution in [2.45, 2.75) is 18.9 Å². The summed E-state index contributed by atoms with van der Waals surface area (Å²) in [4.78, 5) is 2.11. The fraction of sp³-hybridized carbons (Fsp3) is 0.333. The molecule has 1 aliphatic rings. The van der Waals surface area contributed by atoms with Crippen molar-refractivity contribution in [2.75, 3.05) is 24.3 Å². The Labute approximate surface area is 131 Å². The van der Waals surface area contributed by atoms with E-state index >= 15 is 0 Å². The quantitative estimate of drug-likeness (QED) is 0.838. The van der Waals surface area contributed by atoms with Crippen LogP contribution in [0, 0.1) is 5.92 Å². The van der Waals surface area contributed by atoms with Crippen LogP contribution in [0.3, 0.4) is 0 Å². The minimum atomic E-state index is 0.382. The number of nitrogens with zero attached hydrogens (tertiary/aromatic N) is 1. The third-order valence-corrected chi connectivity index (χ3v) is 4.28. The van der Waals surface area contributed by atoms with E-state index in [2.05, 4.69) is 60.7 Å². The summed E-state index contributed by atoms with van der Waals surface area (Å²) >= 11 is 5.99. The maximum absolute atomic E-state index is 5.99. The van der Waals surface area contributed by atoms with Gasteiger partial charge in [0.25, 0.3) is 0 Å². The minimum absolute atomic E-state index is 0.382. The molecule has 0 radical (unpaired) electrons. The Hall–Kier alpha value is -1.67. The topological polar surface area (TPSA) is 15.3 Å². The van der Waals surface area contributed by atoms with Crippen molar-refractivity contribution < 1.29 is 0 Å². The highest BCUT2D eigenvalue weighted by Gasteiger charge is 2.32. The predicted octanol–water partition coefficient (Wildman–Crippen LogP) is 4.97. The van der Waals surface area contributed by atoms with Gasteiger partial charge in [0.2, 0.25) is 0 Å². The van der Waals surface area contributed by atoms with Crippen molar-refractivity contribution in [1.82, 2.24) is 0 Å². The van der Waals surface area contributed by atoms with Gasteiger partial charge in [-0.1, -0.05) is 23.7 Å². The van der Waals surface area contributed by atoms with Crippen LogP contribution in [0.4, 0.5) is 11.4 Å². The summed E-state index contributed by atoms with van der Waals surface area (Å²) in [5, 5.41) is 4.48. The molecule has 21 heavy (non-hydrogen) atoms. The van der Waals surface area contributed by atoms with E-state index in [1.807, 2.05) is 12.1 Å². The Morgan fingerprint density at radius 3 is 2.14 bits per heavy atom. The molecule has 0 amide bonds. The fourth-order valence-corrected chi connectivity index (χ4v) is 2.73. The van der Waals surface area contributed by atoms with Crippen LogP contribution < -0.4 is 10.2 Å². The van der Waals surface area contributed by atoms with Gasteiger partial charge in [0.05, 0.1) is 6.04 Å². The second-order valence-corrected chi connectivity index (χ2v) is 6.39. The molecule has 3 rings (SSSR count). The van der Waals surface area contributed by atoms with Crippen molar-refractivity contribution >= 4 is 23.0 Å². The number of hydrogen-bond donors (Lipinski definition) is 1. The second-order valence-electron chi connectivity index (χ2n) is 5.95. The lowest BCUT2D eigenvalue weighted by Crippen LogP contribution is -2.13. The highest BCUT2D eigenvalue weighted by Crippen LogP contribution is 2.43. The van der Waals surface area contributed by atoms with Crippen LogP contribution in [-0.4, -0.2) is 14.1 Å². The Kier molecular flexibility index (Phi) is 4.07. The average Bonchev–Trinajstić information content (AvgIpc) is 3.31. The molecule has 1 fully saturated rings. The van der Waals surface area contributed by atoms with E-state index in [1.54, 1.807) is 0 Å². The second kappa shape index (κ2) is 5.98. The van der Waals surface area contributed by atoms with Crippen molar-refractivity contribution in [3.05, 3.63) is 59.1 Å². The molecule has 2 nitrogen and oxygen atoms in total. The number of rotatable bonds is 5. The predicted molar refractivity (Wildman–Crippen MR) is 91.3 cm³/mol. The summed E-state index contributed by atoms with van der Waals surface area (Å²) in [6, 6.07) is 17.2. The van der Waals surface area contributed by atoms with E-state index in [0.717, 1.165) is 10.9 Å². The Bertz CT molecular complexity index is 586. The van der Waals surface area contributed by atoms with Crippen LogP contribution >= 0.6 is 11.6 Å². The molecular weight excluding hydrogens is 280 g/mol. The van der Waals surface area contributed by atoms with Crippen molar-refractivity contribution in [1.29, 1.82) is 0 Å². The molecule has 0 spiro atoms. The van der Waals surface area contributed by atoms with Crippen molar-refractivity contribution in [2.24, 2.45) is 5.92 Å². The molecule has 1 aliphatic carbocycles. The SMILES string of the molecule is CN(C)c1ccc(NC(c2ccc(Cl)cc2)C2CC2)cc1. The van der Waals surface area contributed by atoms with Crippen molar-refractivity contribution in [3.8, 4) is 0 Å². The van der Waals surface area contributed by atoms with Gasteiger partial charge < -0.3 is 10.2 Å². The van der Waals surface area contributed by atoms with Gasteiger partial charge in [-0.05, 0) is 60.7 Å². The van der Waals surface area contributed by atoms with Gasteiger partial charge in [0.15, 0.2) is 0 Å². The number of benzene rings is 2. The highest BCUT2D eigenvalue weighted by molar-refractivity contribution is 6.30. The first-order chi connectivity index (χ1) is 10.1. The zero-order chi connectivity index (χ0) is 14.8. The molecule has 0 saturated heterocycles. The Balaban J connectivity index is 1.77. The Morgan fingerprint density at radius 2 is 1.62 bits per heavy atom. The first-order valence-electron chi connectivity index (χ1n) is 7.43. The smallest absolute Gasteiger partial charge is 0.0542 e. The van der Waals surface area contributed by atoms with Gasteiger partial charge in [0, 0.05) is 30.5 Å². The van der Waals surface area contributed by atoms with Crippen molar-refractivity contribution in [3.63, 3.8) is 0 Å². The molecule has 1 saturated carbocycles. The molecule has 1 unspecified atom stereocenters. The van der Waals surface area contributed by atoms with Gasteiger partial charge in [-0.2, -0.15) is 0 Å². The summed E-state index contributed by atoms with van der Waals surface area (Å²) in [7, 11) is 4.12. The monoisotopic (exact) mass is 300 g/mol. The van der Waals surface area contributed by atoms with Crippen LogP contribution in [0.25, 0.3) is 0 Å². The normalized spacial score (nSPS) is 15.6. The lowest BCUT2D eigenvalue weighted by atomic mass is 10.0. The van der Waals surface area contributed by atoms with Gasteiger partial charge in [0.1, 0.15) is 0 Å². The van der Waals surface area contributed by atoms with Crippen LogP contribution in [0.5, 0.6) is 0 Å². The van der Waals surface area contributed by atoms with E-state index < -0.39 is 0 Å². The molecule has 2 aromatic rings. The number of nitrogens with one attached hydrogen (secondary N) is 1. The minimum Gasteiger partial charge on any atom is -0.378 e. The van der Waals surface area contributed by atoms with E-state index in [9.17, 15) is 0 Å². The molecule has 1 N–H and O–H groups in total. The van der Waals surface area contributed by atoms with E-state index in [4.69, 9.17) is 11.6 Å². The maximum Gasteiger partial charge on any atom is 0.0542 e. The molecule has 0 heterocycles. The summed E-state index contributed by atoms with van der Waals surface area (Å²) < 4.78 is 0. The zero-order valence-electron chi connectivity index (χ0n) is 12.5. The average molecular weight is 301 g/mol. The number of anilines is 2. The number of hydrogen-bond acceptors (Lipinski definition) is 2. The molecule has 1 atom stereocenters. The molecule has 0 aromatic heterocycles. The molecule has 0 aliphatic heterocycles. The lowest BCUT2D eigenvalue weighted by molar-refractivity contribution is 0.679. The fourth-order valence-electron chi connectivity index (χ4n) is 2.61. The van der Waals surface area contributed by atoms with E-state index in [-0.39, 0.29) is 0 Å². The van der Waals surface area contributed by atoms with Crippen LogP contribution in [0.2, 0.25) is 5.02 Å². The number of halogens is 1. The molecule has 110 valence electrons. The first kappa shape index (κ1) is 14.3. The third-order valence-electron chi connectivity index (χ3n) is 4.03. The Morgan fingerprint density at radius 1 is 1.00 bits per heavy atom. The van der Waals surface area contributed by atoms with Gasteiger partial charge in [-0.25, -0.2) is 0 Å². The highest BCUT2D eigenvalue weighted by atomic mass is 35.5. The van der Waals surface area contributed by atoms with Gasteiger partial charge >= 0.3 is 0 Å². The van der Waals surface area contributed by atoms with Crippen LogP contribution in [0.1, 0.15) is 24.4 Å². The molecule has 2 aromatic carbocycles. The lowest BCUT2D eigenvalue weighted by Gasteiger charge is -2.21. The third kappa shape index (κ3) is 3.51. The molecular formula is C18H21ClN2. The summed E-state index contributed by atoms with van der Waals surface area (Å²) in [5.41, 5.74) is 3.71. The first-order valence-corrected chi connectivity index (χ1v) is 7.80. The van der Waals surface area contributed by atoms with Gasteiger partial charge in [-0.3, -0.25) is 0 Å².